The highest BCUT2D eigenvalue weighted by atomic mass is 79.9. The van der Waals surface area contributed by atoms with Crippen molar-refractivity contribution in [1.29, 1.82) is 0 Å². The molecular formula is C17H22BrN3O4. The van der Waals surface area contributed by atoms with Gasteiger partial charge in [0.05, 0.1) is 18.2 Å². The topological polar surface area (TPSA) is 86.5 Å². The Morgan fingerprint density at radius 3 is 2.84 bits per heavy atom. The maximum Gasteiger partial charge on any atom is 0.251 e. The van der Waals surface area contributed by atoms with Crippen molar-refractivity contribution in [2.75, 3.05) is 20.3 Å². The number of hydrogen-bond acceptors (Lipinski definition) is 6. The third kappa shape index (κ3) is 5.45. The maximum absolute atomic E-state index is 12.3. The summed E-state index contributed by atoms with van der Waals surface area (Å²) in [6.07, 6.45) is 2.22. The van der Waals surface area contributed by atoms with E-state index in [9.17, 15) is 4.79 Å². The monoisotopic (exact) mass is 411 g/mol. The molecule has 8 heteroatoms. The lowest BCUT2D eigenvalue weighted by Gasteiger charge is -2.14. The number of rotatable bonds is 9. The Hall–Kier alpha value is -2.09. The first-order chi connectivity index (χ1) is 12.0. The zero-order chi connectivity index (χ0) is 18.2. The van der Waals surface area contributed by atoms with Crippen LogP contribution in [-0.2, 0) is 6.42 Å². The quantitative estimate of drug-likeness (QED) is 0.636. The van der Waals surface area contributed by atoms with Crippen LogP contribution in [0.25, 0.3) is 0 Å². The Kier molecular flexibility index (Phi) is 7.24. The molecule has 0 aliphatic rings. The number of amides is 1. The normalized spacial score (nSPS) is 10.6. The highest BCUT2D eigenvalue weighted by molar-refractivity contribution is 9.10. The van der Waals surface area contributed by atoms with Crippen LogP contribution in [0.1, 0.15) is 41.8 Å². The number of methoxy groups -OCH3 is 1. The molecule has 25 heavy (non-hydrogen) atoms. The van der Waals surface area contributed by atoms with Crippen LogP contribution in [0.5, 0.6) is 11.5 Å². The predicted molar refractivity (Wildman–Crippen MR) is 96.2 cm³/mol. The van der Waals surface area contributed by atoms with E-state index in [0.29, 0.717) is 59.2 Å². The minimum absolute atomic E-state index is 0.178. The van der Waals surface area contributed by atoms with Gasteiger partial charge in [-0.1, -0.05) is 12.1 Å². The second-order valence-electron chi connectivity index (χ2n) is 5.43. The molecule has 0 unspecified atom stereocenters. The molecule has 1 amide bonds. The molecule has 0 bridgehead atoms. The van der Waals surface area contributed by atoms with Crippen molar-refractivity contribution in [2.24, 2.45) is 0 Å². The van der Waals surface area contributed by atoms with E-state index in [-0.39, 0.29) is 5.91 Å². The van der Waals surface area contributed by atoms with Crippen LogP contribution in [0.2, 0.25) is 0 Å². The van der Waals surface area contributed by atoms with Gasteiger partial charge < -0.3 is 19.3 Å². The van der Waals surface area contributed by atoms with Crippen molar-refractivity contribution in [3.63, 3.8) is 0 Å². The molecule has 0 saturated carbocycles. The lowest BCUT2D eigenvalue weighted by atomic mass is 10.2. The fourth-order valence-corrected chi connectivity index (χ4v) is 2.74. The highest BCUT2D eigenvalue weighted by Crippen LogP contribution is 2.36. The van der Waals surface area contributed by atoms with Crippen LogP contribution in [0.4, 0.5) is 0 Å². The zero-order valence-electron chi connectivity index (χ0n) is 14.6. The molecule has 0 aliphatic carbocycles. The molecule has 1 heterocycles. The predicted octanol–water partition coefficient (Wildman–Crippen LogP) is 3.30. The number of halogens is 1. The molecule has 0 aliphatic heterocycles. The van der Waals surface area contributed by atoms with Gasteiger partial charge in [-0.2, -0.15) is 4.98 Å². The fraction of sp³-hybridized carbons (Fsp3) is 0.471. The Morgan fingerprint density at radius 1 is 1.40 bits per heavy atom. The van der Waals surface area contributed by atoms with E-state index in [1.54, 1.807) is 26.2 Å². The number of carbonyl (C=O) groups is 1. The molecule has 1 N–H and O–H groups in total. The molecule has 0 saturated heterocycles. The number of aromatic nitrogens is 2. The number of benzene rings is 1. The minimum atomic E-state index is -0.178. The summed E-state index contributed by atoms with van der Waals surface area (Å²) in [5.41, 5.74) is 0.501. The Balaban J connectivity index is 1.93. The third-order valence-electron chi connectivity index (χ3n) is 3.36. The molecule has 1 aromatic heterocycles. The molecule has 0 radical (unpaired) electrons. The molecule has 2 rings (SSSR count). The van der Waals surface area contributed by atoms with E-state index in [1.807, 2.05) is 6.92 Å². The van der Waals surface area contributed by atoms with Gasteiger partial charge in [-0.05, 0) is 47.8 Å². The minimum Gasteiger partial charge on any atom is -0.493 e. The third-order valence-corrected chi connectivity index (χ3v) is 3.95. The molecule has 2 aromatic rings. The van der Waals surface area contributed by atoms with Crippen LogP contribution in [0.3, 0.4) is 0 Å². The summed E-state index contributed by atoms with van der Waals surface area (Å²) in [6.45, 7) is 4.88. The summed E-state index contributed by atoms with van der Waals surface area (Å²) in [7, 11) is 1.55. The summed E-state index contributed by atoms with van der Waals surface area (Å²) in [5.74, 6) is 2.14. The number of hydrogen-bond donors (Lipinski definition) is 1. The average molecular weight is 412 g/mol. The number of nitrogens with zero attached hydrogens (tertiary/aromatic N) is 2. The van der Waals surface area contributed by atoms with E-state index in [2.05, 4.69) is 31.4 Å². The SMILES string of the molecule is CCCOc1c(Br)cc(C(=O)NCCCc2nc(C)no2)cc1OC. The van der Waals surface area contributed by atoms with Crippen molar-refractivity contribution in [3.8, 4) is 11.5 Å². The molecule has 0 spiro atoms. The van der Waals surface area contributed by atoms with Crippen molar-refractivity contribution in [2.45, 2.75) is 33.1 Å². The Bertz CT molecular complexity index is 718. The summed E-state index contributed by atoms with van der Waals surface area (Å²) in [5, 5.41) is 6.60. The van der Waals surface area contributed by atoms with E-state index in [0.717, 1.165) is 6.42 Å². The van der Waals surface area contributed by atoms with E-state index < -0.39 is 0 Å². The molecule has 0 fully saturated rings. The Morgan fingerprint density at radius 2 is 2.20 bits per heavy atom. The number of ether oxygens (including phenoxy) is 2. The molecule has 0 atom stereocenters. The molecule has 1 aromatic carbocycles. The van der Waals surface area contributed by atoms with Gasteiger partial charge in [0, 0.05) is 18.5 Å². The van der Waals surface area contributed by atoms with Crippen LogP contribution in [0.15, 0.2) is 21.1 Å². The average Bonchev–Trinajstić information content (AvgIpc) is 3.02. The fourth-order valence-electron chi connectivity index (χ4n) is 2.18. The lowest BCUT2D eigenvalue weighted by molar-refractivity contribution is 0.0952. The van der Waals surface area contributed by atoms with Crippen molar-refractivity contribution >= 4 is 21.8 Å². The number of carbonyl (C=O) groups excluding carboxylic acids is 1. The first-order valence-electron chi connectivity index (χ1n) is 8.12. The standard InChI is InChI=1S/C17H22BrN3O4/c1-4-8-24-16-13(18)9-12(10-14(16)23-3)17(22)19-7-5-6-15-20-11(2)21-25-15/h9-10H,4-8H2,1-3H3,(H,19,22). The van der Waals surface area contributed by atoms with E-state index in [1.165, 1.54) is 0 Å². The number of aryl methyl sites for hydroxylation is 2. The van der Waals surface area contributed by atoms with Crippen molar-refractivity contribution in [1.82, 2.24) is 15.5 Å². The smallest absolute Gasteiger partial charge is 0.251 e. The lowest BCUT2D eigenvalue weighted by Crippen LogP contribution is -2.25. The van der Waals surface area contributed by atoms with Crippen molar-refractivity contribution < 1.29 is 18.8 Å². The van der Waals surface area contributed by atoms with Crippen molar-refractivity contribution in [3.05, 3.63) is 33.9 Å². The second-order valence-corrected chi connectivity index (χ2v) is 6.29. The van der Waals surface area contributed by atoms with Crippen LogP contribution in [0, 0.1) is 6.92 Å². The zero-order valence-corrected chi connectivity index (χ0v) is 16.2. The van der Waals surface area contributed by atoms with Gasteiger partial charge in [0.1, 0.15) is 0 Å². The van der Waals surface area contributed by atoms with Crippen LogP contribution in [-0.4, -0.2) is 36.3 Å². The Labute approximate surface area is 155 Å². The summed E-state index contributed by atoms with van der Waals surface area (Å²) in [6, 6.07) is 3.40. The maximum atomic E-state index is 12.3. The summed E-state index contributed by atoms with van der Waals surface area (Å²) < 4.78 is 16.7. The first-order valence-corrected chi connectivity index (χ1v) is 8.92. The van der Waals surface area contributed by atoms with Gasteiger partial charge in [0.15, 0.2) is 17.3 Å². The van der Waals surface area contributed by atoms with Gasteiger partial charge in [-0.15, -0.1) is 0 Å². The molecule has 136 valence electrons. The molecule has 7 nitrogen and oxygen atoms in total. The summed E-state index contributed by atoms with van der Waals surface area (Å²) >= 11 is 3.44. The van der Waals surface area contributed by atoms with Gasteiger partial charge >= 0.3 is 0 Å². The molecular weight excluding hydrogens is 390 g/mol. The largest absolute Gasteiger partial charge is 0.493 e. The van der Waals surface area contributed by atoms with Gasteiger partial charge in [-0.25, -0.2) is 0 Å². The van der Waals surface area contributed by atoms with Crippen LogP contribution >= 0.6 is 15.9 Å². The van der Waals surface area contributed by atoms with E-state index >= 15 is 0 Å². The van der Waals surface area contributed by atoms with Crippen LogP contribution < -0.4 is 14.8 Å². The van der Waals surface area contributed by atoms with Gasteiger partial charge in [0.2, 0.25) is 5.89 Å². The number of nitrogens with one attached hydrogen (secondary N) is 1. The second kappa shape index (κ2) is 9.41. The van der Waals surface area contributed by atoms with Gasteiger partial charge in [0.25, 0.3) is 5.91 Å². The van der Waals surface area contributed by atoms with Gasteiger partial charge in [-0.3, -0.25) is 4.79 Å². The van der Waals surface area contributed by atoms with E-state index in [4.69, 9.17) is 14.0 Å². The summed E-state index contributed by atoms with van der Waals surface area (Å²) in [4.78, 5) is 16.5. The first kappa shape index (κ1) is 19.2. The highest BCUT2D eigenvalue weighted by Gasteiger charge is 2.15.